The Hall–Kier alpha value is -3.24. The summed E-state index contributed by atoms with van der Waals surface area (Å²) in [6.07, 6.45) is -3.92. The van der Waals surface area contributed by atoms with Crippen LogP contribution in [-0.4, -0.2) is 69.3 Å². The van der Waals surface area contributed by atoms with Crippen molar-refractivity contribution < 1.29 is 37.0 Å². The molecule has 1 aromatic carbocycles. The molecule has 0 aliphatic carbocycles. The second-order valence-electron chi connectivity index (χ2n) is 6.02. The number of hydrogen-bond acceptors (Lipinski definition) is 7. The minimum Gasteiger partial charge on any atom is -0.466 e. The van der Waals surface area contributed by atoms with Crippen molar-refractivity contribution in [3.05, 3.63) is 36.0 Å². The van der Waals surface area contributed by atoms with Gasteiger partial charge >= 0.3 is 24.0 Å². The Morgan fingerprint density at radius 1 is 1.00 bits per heavy atom. The van der Waals surface area contributed by atoms with Crippen LogP contribution in [0.2, 0.25) is 0 Å². The fraction of sp³-hybridized carbons (Fsp3) is 0.389. The molecule has 1 aliphatic heterocycles. The quantitative estimate of drug-likeness (QED) is 0.577. The van der Waals surface area contributed by atoms with Crippen molar-refractivity contribution in [1.82, 2.24) is 4.90 Å². The molecule has 1 N–H and O–H groups in total. The molecular weight excluding hydrogens is 395 g/mol. The molecule has 1 aromatic rings. The van der Waals surface area contributed by atoms with Gasteiger partial charge in [-0.25, -0.2) is 9.59 Å². The number of ether oxygens (including phenoxy) is 2. The summed E-state index contributed by atoms with van der Waals surface area (Å²) in [4.78, 5) is 37.0. The van der Waals surface area contributed by atoms with Gasteiger partial charge in [0.05, 0.1) is 20.3 Å². The average Bonchev–Trinajstić information content (AvgIpc) is 2.72. The van der Waals surface area contributed by atoms with Crippen LogP contribution in [0.3, 0.4) is 0 Å². The molecule has 1 fully saturated rings. The number of nitrogens with zero attached hydrogens (tertiary/aromatic N) is 2. The van der Waals surface area contributed by atoms with Crippen LogP contribution in [0.4, 0.5) is 24.5 Å². The molecule has 0 saturated carbocycles. The number of methoxy groups -OCH3 is 2. The summed E-state index contributed by atoms with van der Waals surface area (Å²) in [6, 6.07) is 6.68. The van der Waals surface area contributed by atoms with Crippen molar-refractivity contribution in [2.75, 3.05) is 50.6 Å². The zero-order chi connectivity index (χ0) is 21.6. The maximum atomic E-state index is 12.5. The predicted molar refractivity (Wildman–Crippen MR) is 97.0 cm³/mol. The highest BCUT2D eigenvalue weighted by atomic mass is 19.4. The van der Waals surface area contributed by atoms with Gasteiger partial charge in [-0.2, -0.15) is 13.2 Å². The van der Waals surface area contributed by atoms with E-state index in [4.69, 9.17) is 0 Å². The van der Waals surface area contributed by atoms with E-state index in [-0.39, 0.29) is 31.9 Å². The number of rotatable bonds is 5. The van der Waals surface area contributed by atoms with Crippen molar-refractivity contribution in [2.45, 2.75) is 6.18 Å². The Labute approximate surface area is 164 Å². The molecule has 0 atom stereocenters. The van der Waals surface area contributed by atoms with Gasteiger partial charge in [0.25, 0.3) is 0 Å². The summed E-state index contributed by atoms with van der Waals surface area (Å²) < 4.78 is 46.6. The fourth-order valence-corrected chi connectivity index (χ4v) is 2.69. The smallest absolute Gasteiger partial charge is 0.466 e. The number of amides is 1. The third-order valence-corrected chi connectivity index (χ3v) is 4.19. The molecule has 0 unspecified atom stereocenters. The first-order valence-electron chi connectivity index (χ1n) is 8.51. The number of carbonyl (C=O) groups is 3. The van der Waals surface area contributed by atoms with E-state index in [0.29, 0.717) is 5.69 Å². The van der Waals surface area contributed by atoms with E-state index in [2.05, 4.69) is 14.8 Å². The molecule has 2 rings (SSSR count). The fourth-order valence-electron chi connectivity index (χ4n) is 2.69. The van der Waals surface area contributed by atoms with Gasteiger partial charge in [0.2, 0.25) is 0 Å². The van der Waals surface area contributed by atoms with Gasteiger partial charge in [0.1, 0.15) is 5.70 Å². The largest absolute Gasteiger partial charge is 0.471 e. The minimum absolute atomic E-state index is 0.0350. The van der Waals surface area contributed by atoms with Gasteiger partial charge in [-0.15, -0.1) is 0 Å². The Morgan fingerprint density at radius 3 is 2.07 bits per heavy atom. The van der Waals surface area contributed by atoms with E-state index in [1.54, 1.807) is 24.3 Å². The van der Waals surface area contributed by atoms with Crippen molar-refractivity contribution >= 4 is 29.2 Å². The molecule has 1 aliphatic rings. The topological polar surface area (TPSA) is 88.2 Å². The van der Waals surface area contributed by atoms with E-state index in [0.717, 1.165) is 16.7 Å². The van der Waals surface area contributed by atoms with Gasteiger partial charge < -0.3 is 24.6 Å². The highest BCUT2D eigenvalue weighted by molar-refractivity contribution is 5.98. The van der Waals surface area contributed by atoms with Gasteiger partial charge in [-0.3, -0.25) is 4.79 Å². The molecule has 1 amide bonds. The number of anilines is 2. The molecule has 11 heteroatoms. The normalized spacial score (nSPS) is 15.0. The molecule has 1 saturated heterocycles. The number of piperazine rings is 1. The second-order valence-corrected chi connectivity index (χ2v) is 6.02. The van der Waals surface area contributed by atoms with Crippen LogP contribution >= 0.6 is 0 Å². The SMILES string of the molecule is COC(=O)/C=C(/Nc1ccc(N2CCN(C(=O)C(F)(F)F)CC2)cc1)C(=O)OC. The van der Waals surface area contributed by atoms with E-state index in [1.807, 2.05) is 4.90 Å². The molecule has 158 valence electrons. The van der Waals surface area contributed by atoms with Gasteiger partial charge in [0.15, 0.2) is 0 Å². The minimum atomic E-state index is -4.87. The molecule has 8 nitrogen and oxygen atoms in total. The van der Waals surface area contributed by atoms with Crippen molar-refractivity contribution in [1.29, 1.82) is 0 Å². The number of nitrogens with one attached hydrogen (secondary N) is 1. The van der Waals surface area contributed by atoms with Gasteiger partial charge in [-0.1, -0.05) is 0 Å². The zero-order valence-corrected chi connectivity index (χ0v) is 15.8. The van der Waals surface area contributed by atoms with Gasteiger partial charge in [0, 0.05) is 37.6 Å². The number of esters is 2. The summed E-state index contributed by atoms with van der Waals surface area (Å²) in [5.74, 6) is -3.32. The number of halogens is 3. The monoisotopic (exact) mass is 415 g/mol. The maximum absolute atomic E-state index is 12.5. The van der Waals surface area contributed by atoms with Crippen LogP contribution in [0, 0.1) is 0 Å². The first-order valence-corrected chi connectivity index (χ1v) is 8.51. The zero-order valence-electron chi connectivity index (χ0n) is 15.8. The highest BCUT2D eigenvalue weighted by Crippen LogP contribution is 2.23. The maximum Gasteiger partial charge on any atom is 0.471 e. The van der Waals surface area contributed by atoms with E-state index in [1.165, 1.54) is 14.2 Å². The first kappa shape index (κ1) is 22.1. The van der Waals surface area contributed by atoms with Gasteiger partial charge in [-0.05, 0) is 24.3 Å². The predicted octanol–water partition coefficient (Wildman–Crippen LogP) is 1.54. The lowest BCUT2D eigenvalue weighted by molar-refractivity contribution is -0.185. The van der Waals surface area contributed by atoms with Crippen LogP contribution in [0.1, 0.15) is 0 Å². The Morgan fingerprint density at radius 2 is 1.59 bits per heavy atom. The highest BCUT2D eigenvalue weighted by Gasteiger charge is 2.43. The standard InChI is InChI=1S/C18H20F3N3O5/c1-28-15(25)11-14(16(26)29-2)22-12-3-5-13(6-4-12)23-7-9-24(10-8-23)17(27)18(19,20)21/h3-6,11,22H,7-10H2,1-2H3/b14-11+. The van der Waals surface area contributed by atoms with E-state index < -0.39 is 24.0 Å². The molecular formula is C18H20F3N3O5. The molecule has 0 bridgehead atoms. The number of carbonyl (C=O) groups excluding carboxylic acids is 3. The van der Waals surface area contributed by atoms with Crippen LogP contribution in [-0.2, 0) is 23.9 Å². The lowest BCUT2D eigenvalue weighted by Crippen LogP contribution is -2.52. The summed E-state index contributed by atoms with van der Waals surface area (Å²) >= 11 is 0. The lowest BCUT2D eigenvalue weighted by atomic mass is 10.2. The van der Waals surface area contributed by atoms with Crippen molar-refractivity contribution in [3.63, 3.8) is 0 Å². The Balaban J connectivity index is 2.02. The summed E-state index contributed by atoms with van der Waals surface area (Å²) in [5.41, 5.74) is 1.11. The third-order valence-electron chi connectivity index (χ3n) is 4.19. The lowest BCUT2D eigenvalue weighted by Gasteiger charge is -2.36. The molecule has 29 heavy (non-hydrogen) atoms. The molecule has 0 spiro atoms. The molecule has 0 aromatic heterocycles. The van der Waals surface area contributed by atoms with E-state index in [9.17, 15) is 27.6 Å². The third kappa shape index (κ3) is 5.87. The summed E-state index contributed by atoms with van der Waals surface area (Å²) in [7, 11) is 2.34. The number of benzene rings is 1. The van der Waals surface area contributed by atoms with E-state index >= 15 is 0 Å². The second kappa shape index (κ2) is 9.30. The molecule has 0 radical (unpaired) electrons. The van der Waals surface area contributed by atoms with Crippen molar-refractivity contribution in [3.8, 4) is 0 Å². The van der Waals surface area contributed by atoms with Crippen LogP contribution < -0.4 is 10.2 Å². The van der Waals surface area contributed by atoms with Crippen molar-refractivity contribution in [2.24, 2.45) is 0 Å². The van der Waals surface area contributed by atoms with Crippen LogP contribution in [0.15, 0.2) is 36.0 Å². The number of hydrogen-bond donors (Lipinski definition) is 1. The number of alkyl halides is 3. The van der Waals surface area contributed by atoms with Crippen LogP contribution in [0.5, 0.6) is 0 Å². The summed E-state index contributed by atoms with van der Waals surface area (Å²) in [5, 5.41) is 2.75. The van der Waals surface area contributed by atoms with Crippen LogP contribution in [0.25, 0.3) is 0 Å². The molecule has 1 heterocycles. The Kier molecular flexibility index (Phi) is 7.08. The first-order chi connectivity index (χ1) is 13.7. The Bertz CT molecular complexity index is 785. The summed E-state index contributed by atoms with van der Waals surface area (Å²) in [6.45, 7) is 0.438. The average molecular weight is 415 g/mol.